The Balaban J connectivity index is 0. The first-order valence-corrected chi connectivity index (χ1v) is 3.65. The molecule has 0 spiro atoms. The summed E-state index contributed by atoms with van der Waals surface area (Å²) in [7, 11) is 0. The zero-order valence-electron chi connectivity index (χ0n) is 3.97. The molecule has 0 aromatic carbocycles. The third kappa shape index (κ3) is 5.61. The molecule has 7 heteroatoms. The van der Waals surface area contributed by atoms with Crippen LogP contribution in [0.1, 0.15) is 0 Å². The summed E-state index contributed by atoms with van der Waals surface area (Å²) in [6.07, 6.45) is 0. The van der Waals surface area contributed by atoms with E-state index in [4.69, 9.17) is 69.6 Å². The van der Waals surface area contributed by atoms with E-state index in [1.807, 2.05) is 0 Å². The summed E-state index contributed by atoms with van der Waals surface area (Å²) in [6.45, 7) is 0. The molecule has 0 aliphatic carbocycles. The Labute approximate surface area is 95.8 Å². The van der Waals surface area contributed by atoms with E-state index >= 15 is 0 Å². The summed E-state index contributed by atoms with van der Waals surface area (Å²) in [4.78, 5) is 0. The van der Waals surface area contributed by atoms with Crippen molar-refractivity contribution in [3.05, 3.63) is 0 Å². The quantitative estimate of drug-likeness (QED) is 0.472. The Kier molecular flexibility index (Phi) is 6.81. The van der Waals surface area contributed by atoms with Gasteiger partial charge in [-0.05, 0) is 0 Å². The number of halogens is 6. The van der Waals surface area contributed by atoms with Crippen molar-refractivity contribution in [2.24, 2.45) is 0 Å². The molecule has 9 heavy (non-hydrogen) atoms. The van der Waals surface area contributed by atoms with Crippen molar-refractivity contribution in [3.63, 3.8) is 0 Å². The maximum Gasteiger partial charge on any atom is 2.00 e. The van der Waals surface area contributed by atoms with Gasteiger partial charge in [0.2, 0.25) is 7.59 Å². The minimum atomic E-state index is -1.85. The SMILES string of the molecule is ClC(Cl)(Cl)C(Cl)(Cl)Cl.[Zn+2]. The maximum atomic E-state index is 5.14. The number of alkyl halides is 6. The minimum Gasteiger partial charge on any atom is -0.0788 e. The largest absolute Gasteiger partial charge is 2.00 e. The van der Waals surface area contributed by atoms with Crippen LogP contribution in [0.4, 0.5) is 0 Å². The van der Waals surface area contributed by atoms with E-state index in [0.29, 0.717) is 0 Å². The van der Waals surface area contributed by atoms with E-state index in [1.54, 1.807) is 0 Å². The van der Waals surface area contributed by atoms with E-state index in [9.17, 15) is 0 Å². The topological polar surface area (TPSA) is 0 Å². The van der Waals surface area contributed by atoms with E-state index in [-0.39, 0.29) is 19.5 Å². The molecule has 0 aromatic rings. The molecule has 50 valence electrons. The standard InChI is InChI=1S/C2Cl6.Zn/c3-1(4,5)2(6,7)8;/q;+2. The van der Waals surface area contributed by atoms with Gasteiger partial charge in [0.25, 0.3) is 0 Å². The number of rotatable bonds is 0. The van der Waals surface area contributed by atoms with E-state index in [2.05, 4.69) is 0 Å². The van der Waals surface area contributed by atoms with Gasteiger partial charge in [-0.1, -0.05) is 69.6 Å². The third-order valence-corrected chi connectivity index (χ3v) is 2.89. The van der Waals surface area contributed by atoms with Gasteiger partial charge in [-0.3, -0.25) is 0 Å². The fraction of sp³-hybridized carbons (Fsp3) is 1.00. The molecular formula is C2Cl6Zn+2. The fourth-order valence-electron chi connectivity index (χ4n) is 0. The number of hydrogen-bond acceptors (Lipinski definition) is 0. The average Bonchev–Trinajstić information content (AvgIpc) is 1.25. The summed E-state index contributed by atoms with van der Waals surface area (Å²) in [6, 6.07) is 0. The van der Waals surface area contributed by atoms with Crippen LogP contribution in [-0.2, 0) is 19.5 Å². The van der Waals surface area contributed by atoms with Crippen LogP contribution in [0, 0.1) is 0 Å². The zero-order chi connectivity index (χ0) is 7.00. The Morgan fingerprint density at radius 3 is 0.667 bits per heavy atom. The first kappa shape index (κ1) is 13.9. The molecule has 0 N–H and O–H groups in total. The van der Waals surface area contributed by atoms with E-state index in [0.717, 1.165) is 0 Å². The van der Waals surface area contributed by atoms with Crippen molar-refractivity contribution in [2.75, 3.05) is 0 Å². The van der Waals surface area contributed by atoms with Crippen LogP contribution >= 0.6 is 69.6 Å². The van der Waals surface area contributed by atoms with Crippen LogP contribution in [0.5, 0.6) is 0 Å². The first-order chi connectivity index (χ1) is 3.25. The summed E-state index contributed by atoms with van der Waals surface area (Å²) in [5.41, 5.74) is 0. The molecule has 0 saturated carbocycles. The second-order valence-electron chi connectivity index (χ2n) is 0.996. The minimum absolute atomic E-state index is 0. The molecule has 0 aliphatic heterocycles. The maximum absolute atomic E-state index is 5.14. The van der Waals surface area contributed by atoms with Crippen LogP contribution in [0.2, 0.25) is 0 Å². The smallest absolute Gasteiger partial charge is 0.0788 e. The molecule has 0 heterocycles. The number of hydrogen-bond donors (Lipinski definition) is 0. The Morgan fingerprint density at radius 2 is 0.667 bits per heavy atom. The monoisotopic (exact) mass is 298 g/mol. The zero-order valence-corrected chi connectivity index (χ0v) is 11.5. The molecule has 0 nitrogen and oxygen atoms in total. The summed E-state index contributed by atoms with van der Waals surface area (Å²) < 4.78 is -3.70. The summed E-state index contributed by atoms with van der Waals surface area (Å²) in [5.74, 6) is 0. The Morgan fingerprint density at radius 1 is 0.556 bits per heavy atom. The van der Waals surface area contributed by atoms with Gasteiger partial charge in [-0.25, -0.2) is 0 Å². The molecule has 0 aliphatic rings. The van der Waals surface area contributed by atoms with Crippen molar-refractivity contribution in [1.29, 1.82) is 0 Å². The van der Waals surface area contributed by atoms with Gasteiger partial charge in [0.1, 0.15) is 0 Å². The fourth-order valence-corrected chi connectivity index (χ4v) is 0. The van der Waals surface area contributed by atoms with Crippen molar-refractivity contribution < 1.29 is 19.5 Å². The van der Waals surface area contributed by atoms with Crippen LogP contribution < -0.4 is 0 Å². The molecule has 0 aromatic heterocycles. The van der Waals surface area contributed by atoms with Gasteiger partial charge in [0.05, 0.1) is 0 Å². The summed E-state index contributed by atoms with van der Waals surface area (Å²) >= 11 is 30.9. The van der Waals surface area contributed by atoms with Crippen molar-refractivity contribution >= 4 is 69.6 Å². The predicted molar refractivity (Wildman–Crippen MR) is 40.6 cm³/mol. The molecule has 0 unspecified atom stereocenters. The van der Waals surface area contributed by atoms with Crippen LogP contribution in [-0.4, -0.2) is 7.59 Å². The molecule has 0 rings (SSSR count). The second-order valence-corrected chi connectivity index (χ2v) is 5.56. The van der Waals surface area contributed by atoms with Gasteiger partial charge >= 0.3 is 19.5 Å². The molecule has 0 amide bonds. The molecule has 0 fully saturated rings. The van der Waals surface area contributed by atoms with Gasteiger partial charge in [-0.2, -0.15) is 0 Å². The molecular weight excluding hydrogens is 302 g/mol. The van der Waals surface area contributed by atoms with Crippen LogP contribution in [0.25, 0.3) is 0 Å². The van der Waals surface area contributed by atoms with E-state index < -0.39 is 7.59 Å². The van der Waals surface area contributed by atoms with Gasteiger partial charge in [0.15, 0.2) is 0 Å². The van der Waals surface area contributed by atoms with Crippen LogP contribution in [0.3, 0.4) is 0 Å². The predicted octanol–water partition coefficient (Wildman–Crippen LogP) is 3.72. The van der Waals surface area contributed by atoms with Crippen LogP contribution in [0.15, 0.2) is 0 Å². The van der Waals surface area contributed by atoms with Crippen molar-refractivity contribution in [3.8, 4) is 0 Å². The normalized spacial score (nSPS) is 12.7. The Hall–Kier alpha value is 2.36. The van der Waals surface area contributed by atoms with Gasteiger partial charge in [-0.15, -0.1) is 0 Å². The first-order valence-electron chi connectivity index (χ1n) is 1.38. The van der Waals surface area contributed by atoms with Crippen molar-refractivity contribution in [2.45, 2.75) is 7.59 Å². The van der Waals surface area contributed by atoms with Gasteiger partial charge < -0.3 is 0 Å². The molecule has 0 saturated heterocycles. The third-order valence-electron chi connectivity index (χ3n) is 0.321. The average molecular weight is 302 g/mol. The van der Waals surface area contributed by atoms with Crippen molar-refractivity contribution in [1.82, 2.24) is 0 Å². The van der Waals surface area contributed by atoms with Gasteiger partial charge in [0, 0.05) is 0 Å². The molecule has 0 atom stereocenters. The molecule has 0 radical (unpaired) electrons. The second kappa shape index (κ2) is 4.40. The van der Waals surface area contributed by atoms with E-state index in [1.165, 1.54) is 0 Å². The Bertz CT molecular complexity index is 66.0. The summed E-state index contributed by atoms with van der Waals surface area (Å²) in [5, 5.41) is 0. The molecule has 0 bridgehead atoms.